The van der Waals surface area contributed by atoms with Crippen LogP contribution in [-0.4, -0.2) is 16.3 Å². The Hall–Kier alpha value is -1.98. The zero-order chi connectivity index (χ0) is 16.0. The van der Waals surface area contributed by atoms with Gasteiger partial charge in [0, 0.05) is 18.0 Å². The third-order valence-corrected chi connectivity index (χ3v) is 4.86. The SMILES string of the molecule is FC(F)(F)c1ccccc1-n1nc(C2CCCC2)c2c1NCC2. The van der Waals surface area contributed by atoms with Crippen molar-refractivity contribution in [3.63, 3.8) is 0 Å². The summed E-state index contributed by atoms with van der Waals surface area (Å²) in [6, 6.07) is 5.66. The maximum absolute atomic E-state index is 13.3. The van der Waals surface area contributed by atoms with Crippen LogP contribution in [0.2, 0.25) is 0 Å². The lowest BCUT2D eigenvalue weighted by Gasteiger charge is -2.14. The molecule has 3 nitrogen and oxygen atoms in total. The van der Waals surface area contributed by atoms with Gasteiger partial charge in [0.2, 0.25) is 0 Å². The number of benzene rings is 1. The topological polar surface area (TPSA) is 29.9 Å². The average Bonchev–Trinajstić information content (AvgIpc) is 3.23. The van der Waals surface area contributed by atoms with Gasteiger partial charge in [-0.2, -0.15) is 18.3 Å². The molecular weight excluding hydrogens is 303 g/mol. The largest absolute Gasteiger partial charge is 0.418 e. The lowest BCUT2D eigenvalue weighted by molar-refractivity contribution is -0.137. The number of aromatic nitrogens is 2. The van der Waals surface area contributed by atoms with Gasteiger partial charge in [0.05, 0.1) is 16.9 Å². The highest BCUT2D eigenvalue weighted by Crippen LogP contribution is 2.41. The van der Waals surface area contributed by atoms with Crippen LogP contribution in [0.1, 0.15) is 48.4 Å². The van der Waals surface area contributed by atoms with Crippen LogP contribution in [0.15, 0.2) is 24.3 Å². The fraction of sp³-hybridized carbons (Fsp3) is 0.471. The normalized spacial score (nSPS) is 18.2. The lowest BCUT2D eigenvalue weighted by Crippen LogP contribution is -2.13. The van der Waals surface area contributed by atoms with Gasteiger partial charge in [0.15, 0.2) is 0 Å². The summed E-state index contributed by atoms with van der Waals surface area (Å²) in [5.74, 6) is 1.13. The van der Waals surface area contributed by atoms with E-state index in [1.54, 1.807) is 6.07 Å². The van der Waals surface area contributed by atoms with E-state index in [2.05, 4.69) is 10.4 Å². The van der Waals surface area contributed by atoms with Crippen molar-refractivity contribution in [2.24, 2.45) is 0 Å². The zero-order valence-corrected chi connectivity index (χ0v) is 12.7. The van der Waals surface area contributed by atoms with E-state index in [1.807, 2.05) is 0 Å². The zero-order valence-electron chi connectivity index (χ0n) is 12.7. The highest BCUT2D eigenvalue weighted by Gasteiger charge is 2.36. The molecule has 23 heavy (non-hydrogen) atoms. The number of para-hydroxylation sites is 1. The molecule has 0 spiro atoms. The van der Waals surface area contributed by atoms with E-state index in [0.717, 1.165) is 48.9 Å². The van der Waals surface area contributed by atoms with E-state index in [9.17, 15) is 13.2 Å². The molecule has 0 bridgehead atoms. The molecule has 1 aromatic carbocycles. The van der Waals surface area contributed by atoms with Crippen LogP contribution in [0.5, 0.6) is 0 Å². The molecule has 4 rings (SSSR count). The van der Waals surface area contributed by atoms with E-state index >= 15 is 0 Å². The van der Waals surface area contributed by atoms with Crippen molar-refractivity contribution in [3.8, 4) is 5.69 Å². The number of nitrogens with one attached hydrogen (secondary N) is 1. The average molecular weight is 321 g/mol. The van der Waals surface area contributed by atoms with Crippen LogP contribution < -0.4 is 5.32 Å². The Morgan fingerprint density at radius 3 is 2.61 bits per heavy atom. The van der Waals surface area contributed by atoms with Crippen molar-refractivity contribution in [2.75, 3.05) is 11.9 Å². The Balaban J connectivity index is 1.86. The van der Waals surface area contributed by atoms with E-state index < -0.39 is 11.7 Å². The molecule has 1 fully saturated rings. The number of alkyl halides is 3. The molecule has 0 unspecified atom stereocenters. The summed E-state index contributed by atoms with van der Waals surface area (Å²) < 4.78 is 41.5. The van der Waals surface area contributed by atoms with Crippen LogP contribution in [-0.2, 0) is 12.6 Å². The number of fused-ring (bicyclic) bond motifs is 1. The van der Waals surface area contributed by atoms with Crippen molar-refractivity contribution in [1.29, 1.82) is 0 Å². The van der Waals surface area contributed by atoms with Crippen LogP contribution in [0.25, 0.3) is 5.69 Å². The second-order valence-electron chi connectivity index (χ2n) is 6.30. The first-order chi connectivity index (χ1) is 11.1. The Bertz CT molecular complexity index is 727. The van der Waals surface area contributed by atoms with Gasteiger partial charge < -0.3 is 5.32 Å². The second-order valence-corrected chi connectivity index (χ2v) is 6.30. The summed E-state index contributed by atoms with van der Waals surface area (Å²) in [7, 11) is 0. The summed E-state index contributed by atoms with van der Waals surface area (Å²) in [4.78, 5) is 0. The molecule has 0 radical (unpaired) electrons. The summed E-state index contributed by atoms with van der Waals surface area (Å²) in [5.41, 5.74) is 1.57. The third-order valence-electron chi connectivity index (χ3n) is 4.86. The van der Waals surface area contributed by atoms with Gasteiger partial charge in [-0.3, -0.25) is 0 Å². The predicted octanol–water partition coefficient (Wildman–Crippen LogP) is 4.52. The minimum atomic E-state index is -4.39. The first-order valence-corrected chi connectivity index (χ1v) is 8.08. The highest BCUT2D eigenvalue weighted by atomic mass is 19.4. The summed E-state index contributed by atoms with van der Waals surface area (Å²) in [6.07, 6.45) is 0.989. The molecule has 1 saturated carbocycles. The molecule has 0 saturated heterocycles. The number of halogens is 3. The Labute approximate surface area is 132 Å². The van der Waals surface area contributed by atoms with Gasteiger partial charge in [0.25, 0.3) is 0 Å². The van der Waals surface area contributed by atoms with Gasteiger partial charge in [-0.05, 0) is 31.4 Å². The van der Waals surface area contributed by atoms with Crippen LogP contribution in [0.4, 0.5) is 19.0 Å². The maximum Gasteiger partial charge on any atom is 0.418 e. The van der Waals surface area contributed by atoms with E-state index in [0.29, 0.717) is 5.92 Å². The monoisotopic (exact) mass is 321 g/mol. The molecule has 2 heterocycles. The highest BCUT2D eigenvalue weighted by molar-refractivity contribution is 5.59. The van der Waals surface area contributed by atoms with Gasteiger partial charge >= 0.3 is 6.18 Å². The summed E-state index contributed by atoms with van der Waals surface area (Å²) in [5, 5.41) is 7.84. The fourth-order valence-corrected chi connectivity index (χ4v) is 3.80. The minimum absolute atomic E-state index is 0.106. The van der Waals surface area contributed by atoms with Crippen molar-refractivity contribution in [3.05, 3.63) is 41.1 Å². The van der Waals surface area contributed by atoms with Crippen LogP contribution >= 0.6 is 0 Å². The molecular formula is C17H18F3N3. The summed E-state index contributed by atoms with van der Waals surface area (Å²) >= 11 is 0. The van der Waals surface area contributed by atoms with Gasteiger partial charge in [-0.15, -0.1) is 0 Å². The number of nitrogens with zero attached hydrogens (tertiary/aromatic N) is 2. The molecule has 2 aliphatic rings. The number of hydrogen-bond acceptors (Lipinski definition) is 2. The Kier molecular flexibility index (Phi) is 3.36. The quantitative estimate of drug-likeness (QED) is 0.881. The van der Waals surface area contributed by atoms with Crippen molar-refractivity contribution in [1.82, 2.24) is 9.78 Å². The molecule has 1 N–H and O–H groups in total. The van der Waals surface area contributed by atoms with Gasteiger partial charge in [0.1, 0.15) is 5.82 Å². The van der Waals surface area contributed by atoms with E-state index in [1.165, 1.54) is 29.7 Å². The molecule has 0 atom stereocenters. The Morgan fingerprint density at radius 1 is 1.13 bits per heavy atom. The smallest absolute Gasteiger partial charge is 0.369 e. The standard InChI is InChI=1S/C17H18F3N3/c18-17(19,20)13-7-3-4-8-14(13)23-16-12(9-10-21-16)15(22-23)11-5-1-2-6-11/h3-4,7-8,11,21H,1-2,5-6,9-10H2. The maximum atomic E-state index is 13.3. The van der Waals surface area contributed by atoms with Gasteiger partial charge in [-0.1, -0.05) is 25.0 Å². The van der Waals surface area contributed by atoms with Crippen LogP contribution in [0, 0.1) is 0 Å². The predicted molar refractivity (Wildman–Crippen MR) is 82.0 cm³/mol. The molecule has 1 aromatic heterocycles. The molecule has 122 valence electrons. The second kappa shape index (κ2) is 5.28. The van der Waals surface area contributed by atoms with Crippen LogP contribution in [0.3, 0.4) is 0 Å². The first-order valence-electron chi connectivity index (χ1n) is 8.08. The fourth-order valence-electron chi connectivity index (χ4n) is 3.80. The minimum Gasteiger partial charge on any atom is -0.369 e. The van der Waals surface area contributed by atoms with E-state index in [-0.39, 0.29) is 5.69 Å². The van der Waals surface area contributed by atoms with E-state index in [4.69, 9.17) is 0 Å². The number of anilines is 1. The molecule has 2 aromatic rings. The lowest BCUT2D eigenvalue weighted by atomic mass is 9.99. The van der Waals surface area contributed by atoms with Crippen molar-refractivity contribution < 1.29 is 13.2 Å². The number of hydrogen-bond donors (Lipinski definition) is 1. The van der Waals surface area contributed by atoms with Gasteiger partial charge in [-0.25, -0.2) is 4.68 Å². The number of rotatable bonds is 2. The van der Waals surface area contributed by atoms with Crippen molar-refractivity contribution in [2.45, 2.75) is 44.2 Å². The molecule has 0 amide bonds. The molecule has 1 aliphatic heterocycles. The summed E-state index contributed by atoms with van der Waals surface area (Å²) in [6.45, 7) is 0.765. The Morgan fingerprint density at radius 2 is 1.87 bits per heavy atom. The third kappa shape index (κ3) is 2.40. The first kappa shape index (κ1) is 14.6. The van der Waals surface area contributed by atoms with Crippen molar-refractivity contribution >= 4 is 5.82 Å². The molecule has 1 aliphatic carbocycles. The molecule has 6 heteroatoms.